The molecule has 0 radical (unpaired) electrons. The second-order valence-corrected chi connectivity index (χ2v) is 6.94. The number of hydrogen-bond acceptors (Lipinski definition) is 2. The van der Waals surface area contributed by atoms with E-state index in [0.29, 0.717) is 6.61 Å². The molecule has 0 saturated carbocycles. The summed E-state index contributed by atoms with van der Waals surface area (Å²) in [6.07, 6.45) is 18.0. The van der Waals surface area contributed by atoms with E-state index in [1.54, 1.807) is 0 Å². The first-order valence-corrected chi connectivity index (χ1v) is 8.43. The largest absolute Gasteiger partial charge is 0.462 e. The van der Waals surface area contributed by atoms with Gasteiger partial charge in [0.25, 0.3) is 0 Å². The third kappa shape index (κ3) is 6.99. The normalized spacial score (nSPS) is 18.8. The fourth-order valence-electron chi connectivity index (χ4n) is 2.60. The first kappa shape index (κ1) is 20.0. The third-order valence-electron chi connectivity index (χ3n) is 4.07. The summed E-state index contributed by atoms with van der Waals surface area (Å²) in [4.78, 5) is 10.7. The maximum atomic E-state index is 10.7. The minimum atomic E-state index is -0.256. The highest BCUT2D eigenvalue weighted by molar-refractivity contribution is 5.66. The first-order chi connectivity index (χ1) is 11.2. The quantitative estimate of drug-likeness (QED) is 0.451. The first-order valence-electron chi connectivity index (χ1n) is 8.43. The molecule has 2 nitrogen and oxygen atoms in total. The number of allylic oxidation sites excluding steroid dienone is 11. The van der Waals surface area contributed by atoms with Crippen LogP contribution in [-0.4, -0.2) is 12.6 Å². The molecular weight excluding hydrogens is 296 g/mol. The van der Waals surface area contributed by atoms with E-state index in [1.807, 2.05) is 25.2 Å². The highest BCUT2D eigenvalue weighted by atomic mass is 16.5. The van der Waals surface area contributed by atoms with Crippen LogP contribution in [0.15, 0.2) is 70.9 Å². The van der Waals surface area contributed by atoms with Crippen molar-refractivity contribution in [1.29, 1.82) is 0 Å². The fraction of sp³-hybridized carbons (Fsp3) is 0.409. The Morgan fingerprint density at radius 1 is 1.21 bits per heavy atom. The SMILES string of the molecule is CC(=O)OC/C=C(C)/C=C/C=C(C)/C=C/C1=C(C)C=CCC1(C)C. The molecule has 0 heterocycles. The molecular formula is C22H30O2. The van der Waals surface area contributed by atoms with Crippen molar-refractivity contribution in [3.63, 3.8) is 0 Å². The minimum absolute atomic E-state index is 0.196. The van der Waals surface area contributed by atoms with E-state index in [4.69, 9.17) is 4.74 Å². The Labute approximate surface area is 147 Å². The molecule has 0 aliphatic heterocycles. The van der Waals surface area contributed by atoms with Crippen LogP contribution in [0.3, 0.4) is 0 Å². The maximum absolute atomic E-state index is 10.7. The van der Waals surface area contributed by atoms with E-state index >= 15 is 0 Å². The van der Waals surface area contributed by atoms with Crippen LogP contribution in [0.4, 0.5) is 0 Å². The third-order valence-corrected chi connectivity index (χ3v) is 4.07. The lowest BCUT2D eigenvalue weighted by Crippen LogP contribution is -2.16. The van der Waals surface area contributed by atoms with Crippen LogP contribution in [0.5, 0.6) is 0 Å². The van der Waals surface area contributed by atoms with Crippen LogP contribution < -0.4 is 0 Å². The molecule has 0 aromatic rings. The van der Waals surface area contributed by atoms with Crippen molar-refractivity contribution in [3.8, 4) is 0 Å². The lowest BCUT2D eigenvalue weighted by Gasteiger charge is -2.29. The van der Waals surface area contributed by atoms with E-state index in [1.165, 1.54) is 23.6 Å². The van der Waals surface area contributed by atoms with Gasteiger partial charge in [0.1, 0.15) is 6.61 Å². The van der Waals surface area contributed by atoms with Crippen LogP contribution in [0.25, 0.3) is 0 Å². The summed E-state index contributed by atoms with van der Waals surface area (Å²) in [6, 6.07) is 0. The van der Waals surface area contributed by atoms with Gasteiger partial charge in [-0.1, -0.05) is 67.5 Å². The van der Waals surface area contributed by atoms with Gasteiger partial charge >= 0.3 is 5.97 Å². The van der Waals surface area contributed by atoms with Crippen LogP contribution >= 0.6 is 0 Å². The zero-order chi connectivity index (χ0) is 18.2. The smallest absolute Gasteiger partial charge is 0.302 e. The summed E-state index contributed by atoms with van der Waals surface area (Å²) >= 11 is 0. The number of carbonyl (C=O) groups excluding carboxylic acids is 1. The molecule has 2 heteroatoms. The van der Waals surface area contributed by atoms with Crippen LogP contribution in [0.2, 0.25) is 0 Å². The standard InChI is InChI=1S/C22H30O2/c1-17(9-7-10-18(2)14-16-24-20(4)23)12-13-21-19(3)11-8-15-22(21,5)6/h7-14H,15-16H2,1-6H3/b10-7+,13-12+,17-9+,18-14+. The summed E-state index contributed by atoms with van der Waals surface area (Å²) in [5.74, 6) is -0.256. The highest BCUT2D eigenvalue weighted by Crippen LogP contribution is 2.37. The molecule has 1 aliphatic rings. The molecule has 1 aliphatic carbocycles. The van der Waals surface area contributed by atoms with E-state index in [9.17, 15) is 4.79 Å². The molecule has 0 saturated heterocycles. The van der Waals surface area contributed by atoms with Gasteiger partial charge in [0.05, 0.1) is 0 Å². The van der Waals surface area contributed by atoms with Gasteiger partial charge in [0.15, 0.2) is 0 Å². The molecule has 0 fully saturated rings. The van der Waals surface area contributed by atoms with Gasteiger partial charge in [-0.3, -0.25) is 4.79 Å². The molecule has 24 heavy (non-hydrogen) atoms. The molecule has 0 unspecified atom stereocenters. The topological polar surface area (TPSA) is 26.3 Å². The zero-order valence-electron chi connectivity index (χ0n) is 15.8. The zero-order valence-corrected chi connectivity index (χ0v) is 15.8. The Morgan fingerprint density at radius 3 is 2.54 bits per heavy atom. The molecule has 0 aromatic heterocycles. The molecule has 0 spiro atoms. The summed E-state index contributed by atoms with van der Waals surface area (Å²) < 4.78 is 4.89. The van der Waals surface area contributed by atoms with Crippen molar-refractivity contribution in [2.24, 2.45) is 5.41 Å². The minimum Gasteiger partial charge on any atom is -0.462 e. The molecule has 0 bridgehead atoms. The van der Waals surface area contributed by atoms with Crippen LogP contribution in [-0.2, 0) is 9.53 Å². The lowest BCUT2D eigenvalue weighted by atomic mass is 9.75. The van der Waals surface area contributed by atoms with E-state index in [0.717, 1.165) is 12.0 Å². The van der Waals surface area contributed by atoms with E-state index in [2.05, 4.69) is 58.1 Å². The van der Waals surface area contributed by atoms with Crippen molar-refractivity contribution >= 4 is 5.97 Å². The number of esters is 1. The predicted molar refractivity (Wildman–Crippen MR) is 103 cm³/mol. The Kier molecular flexibility index (Phi) is 7.70. The van der Waals surface area contributed by atoms with Crippen molar-refractivity contribution in [1.82, 2.24) is 0 Å². The predicted octanol–water partition coefficient (Wildman–Crippen LogP) is 5.86. The van der Waals surface area contributed by atoms with Gasteiger partial charge in [0.2, 0.25) is 0 Å². The van der Waals surface area contributed by atoms with E-state index in [-0.39, 0.29) is 11.4 Å². The average molecular weight is 326 g/mol. The summed E-state index contributed by atoms with van der Waals surface area (Å²) in [6.45, 7) is 12.6. The molecule has 0 aromatic carbocycles. The average Bonchev–Trinajstić information content (AvgIpc) is 2.45. The van der Waals surface area contributed by atoms with Gasteiger partial charge in [-0.05, 0) is 49.8 Å². The van der Waals surface area contributed by atoms with E-state index < -0.39 is 0 Å². The van der Waals surface area contributed by atoms with Gasteiger partial charge in [-0.15, -0.1) is 0 Å². The number of hydrogen-bond donors (Lipinski definition) is 0. The number of carbonyl (C=O) groups is 1. The van der Waals surface area contributed by atoms with Gasteiger partial charge in [-0.25, -0.2) is 0 Å². The second kappa shape index (κ2) is 9.27. The maximum Gasteiger partial charge on any atom is 0.302 e. The van der Waals surface area contributed by atoms with Gasteiger partial charge < -0.3 is 4.74 Å². The molecule has 0 atom stereocenters. The van der Waals surface area contributed by atoms with Gasteiger partial charge in [0, 0.05) is 6.92 Å². The lowest BCUT2D eigenvalue weighted by molar-refractivity contribution is -0.139. The summed E-state index contributed by atoms with van der Waals surface area (Å²) in [5.41, 5.74) is 5.21. The monoisotopic (exact) mass is 326 g/mol. The molecule has 0 amide bonds. The molecule has 0 N–H and O–H groups in total. The highest BCUT2D eigenvalue weighted by Gasteiger charge is 2.23. The second-order valence-electron chi connectivity index (χ2n) is 6.94. The van der Waals surface area contributed by atoms with Crippen molar-refractivity contribution in [3.05, 3.63) is 70.9 Å². The van der Waals surface area contributed by atoms with Crippen molar-refractivity contribution in [2.45, 2.75) is 48.0 Å². The molecule has 130 valence electrons. The molecule has 1 rings (SSSR count). The fourth-order valence-corrected chi connectivity index (χ4v) is 2.60. The van der Waals surface area contributed by atoms with Gasteiger partial charge in [-0.2, -0.15) is 0 Å². The van der Waals surface area contributed by atoms with Crippen molar-refractivity contribution < 1.29 is 9.53 Å². The Hall–Kier alpha value is -2.09. The Bertz CT molecular complexity index is 635. The Morgan fingerprint density at radius 2 is 1.92 bits per heavy atom. The van der Waals surface area contributed by atoms with Crippen LogP contribution in [0.1, 0.15) is 48.0 Å². The Balaban J connectivity index is 2.68. The summed E-state index contributed by atoms with van der Waals surface area (Å²) in [7, 11) is 0. The summed E-state index contributed by atoms with van der Waals surface area (Å²) in [5, 5.41) is 0. The number of rotatable bonds is 6. The number of ether oxygens (including phenoxy) is 1. The van der Waals surface area contributed by atoms with Crippen molar-refractivity contribution in [2.75, 3.05) is 6.61 Å². The van der Waals surface area contributed by atoms with Crippen LogP contribution in [0, 0.1) is 5.41 Å².